The molecule has 3 aromatic rings. The van der Waals surface area contributed by atoms with Gasteiger partial charge in [0.2, 0.25) is 5.95 Å². The summed E-state index contributed by atoms with van der Waals surface area (Å²) in [5.74, 6) is 1.99. The molecular weight excluding hydrogens is 645 g/mol. The van der Waals surface area contributed by atoms with Crippen LogP contribution in [-0.4, -0.2) is 75.9 Å². The lowest BCUT2D eigenvalue weighted by Crippen LogP contribution is -2.44. The number of pyridine rings is 1. The van der Waals surface area contributed by atoms with Gasteiger partial charge in [-0.3, -0.25) is 13.9 Å². The molecule has 0 saturated carbocycles. The second kappa shape index (κ2) is 15.2. The van der Waals surface area contributed by atoms with Gasteiger partial charge in [-0.1, -0.05) is 51.7 Å². The Morgan fingerprint density at radius 3 is 2.55 bits per heavy atom. The smallest absolute Gasteiger partial charge is 0.320 e. The van der Waals surface area contributed by atoms with Gasteiger partial charge in [0.15, 0.2) is 5.65 Å². The van der Waals surface area contributed by atoms with Gasteiger partial charge in [-0.25, -0.2) is 9.48 Å². The molecule has 5 rings (SSSR count). The van der Waals surface area contributed by atoms with Gasteiger partial charge < -0.3 is 15.0 Å². The van der Waals surface area contributed by atoms with Gasteiger partial charge in [0.1, 0.15) is 17.7 Å². The molecule has 266 valence electrons. The zero-order valence-corrected chi connectivity index (χ0v) is 30.2. The predicted molar refractivity (Wildman–Crippen MR) is 192 cm³/mol. The van der Waals surface area contributed by atoms with E-state index in [1.807, 2.05) is 61.7 Å². The van der Waals surface area contributed by atoms with Gasteiger partial charge in [0, 0.05) is 30.0 Å². The Hall–Kier alpha value is -4.17. The van der Waals surface area contributed by atoms with E-state index in [0.29, 0.717) is 37.2 Å². The lowest BCUT2D eigenvalue weighted by atomic mass is 9.92. The number of rotatable bonds is 9. The van der Waals surface area contributed by atoms with E-state index < -0.39 is 16.1 Å². The topological polar surface area (TPSA) is 145 Å². The summed E-state index contributed by atoms with van der Waals surface area (Å²) in [7, 11) is -3.61. The van der Waals surface area contributed by atoms with Gasteiger partial charge >= 0.3 is 6.03 Å². The maximum Gasteiger partial charge on any atom is 0.320 e. The van der Waals surface area contributed by atoms with Crippen molar-refractivity contribution >= 4 is 33.6 Å². The number of fused-ring (bicyclic) bond motifs is 1. The van der Waals surface area contributed by atoms with Crippen molar-refractivity contribution in [3.8, 4) is 5.75 Å². The van der Waals surface area contributed by atoms with E-state index in [-0.39, 0.29) is 30.7 Å². The highest BCUT2D eigenvalue weighted by atomic mass is 32.2. The summed E-state index contributed by atoms with van der Waals surface area (Å²) in [4.78, 5) is 15.7. The van der Waals surface area contributed by atoms with Crippen molar-refractivity contribution < 1.29 is 22.1 Å². The molecule has 2 aliphatic rings. The fraction of sp³-hybridized carbons (Fsp3) is 0.543. The average Bonchev–Trinajstić information content (AvgIpc) is 3.62. The Labute approximate surface area is 289 Å². The molecule has 3 aromatic heterocycles. The molecule has 0 radical (unpaired) electrons. The van der Waals surface area contributed by atoms with Crippen LogP contribution in [0.4, 0.5) is 16.6 Å². The minimum Gasteiger partial charge on any atom is -0.489 e. The summed E-state index contributed by atoms with van der Waals surface area (Å²) >= 11 is 0. The van der Waals surface area contributed by atoms with Crippen LogP contribution >= 0.6 is 0 Å². The number of nitrogens with zero attached hydrogens (tertiary/aromatic N) is 6. The maximum atomic E-state index is 13.4. The van der Waals surface area contributed by atoms with E-state index in [0.717, 1.165) is 47.7 Å². The van der Waals surface area contributed by atoms with Crippen LogP contribution in [0.5, 0.6) is 5.75 Å². The fourth-order valence-corrected chi connectivity index (χ4v) is 6.66. The van der Waals surface area contributed by atoms with Crippen molar-refractivity contribution in [2.45, 2.75) is 109 Å². The third-order valence-corrected chi connectivity index (χ3v) is 9.56. The number of carbonyl (C=O) groups is 1. The highest BCUT2D eigenvalue weighted by Crippen LogP contribution is 2.30. The molecule has 1 aliphatic carbocycles. The molecule has 0 unspecified atom stereocenters. The molecule has 49 heavy (non-hydrogen) atoms. The molecule has 2 amide bonds. The number of aromatic nitrogens is 5. The summed E-state index contributed by atoms with van der Waals surface area (Å²) in [6, 6.07) is 5.61. The second-order valence-electron chi connectivity index (χ2n) is 14.1. The minimum absolute atomic E-state index is 0.109. The summed E-state index contributed by atoms with van der Waals surface area (Å²) in [5.41, 5.74) is 1.98. The predicted octanol–water partition coefficient (Wildman–Crippen LogP) is 5.76. The van der Waals surface area contributed by atoms with Crippen molar-refractivity contribution in [1.82, 2.24) is 29.7 Å². The Kier molecular flexibility index (Phi) is 11.2. The number of hydrogen-bond acceptors (Lipinski definition) is 9. The molecular formula is C35H50N8O5S. The SMILES string of the molecule is C=C1/C=C\C=C/C[C@H](Oc2ccc3nnc(N4[C@H](C)CCC[C@@H]4C)n3c2)CC[C@@H]1NC(=O)Nc1cc(C(C)(C)C)nn1CCOS(C)(=O)=O. The van der Waals surface area contributed by atoms with Crippen LogP contribution in [0.3, 0.4) is 0 Å². The molecule has 1 saturated heterocycles. The van der Waals surface area contributed by atoms with Gasteiger partial charge in [0.25, 0.3) is 10.1 Å². The van der Waals surface area contributed by atoms with Crippen molar-refractivity contribution in [2.75, 3.05) is 23.1 Å². The van der Waals surface area contributed by atoms with E-state index in [1.165, 1.54) is 6.42 Å². The Bertz CT molecular complexity index is 1800. The summed E-state index contributed by atoms with van der Waals surface area (Å²) in [5, 5.41) is 19.6. The molecule has 13 nitrogen and oxygen atoms in total. The van der Waals surface area contributed by atoms with Crippen molar-refractivity contribution in [3.63, 3.8) is 0 Å². The first-order valence-corrected chi connectivity index (χ1v) is 18.8. The Morgan fingerprint density at radius 2 is 1.84 bits per heavy atom. The Balaban J connectivity index is 1.28. The number of hydrogen-bond donors (Lipinski definition) is 2. The summed E-state index contributed by atoms with van der Waals surface area (Å²) < 4.78 is 38.0. The number of urea groups is 1. The number of nitrogens with one attached hydrogen (secondary N) is 2. The standard InChI is InChI=1S/C35H50N8O5S/c1-24-12-9-8-10-15-27(48-28-17-19-31-38-39-34(41(31)23-28)43-25(2)13-11-14-26(43)3)16-18-29(24)36-33(44)37-32-22-30(35(4,5)6)40-42(32)20-21-47-49(7,45)46/h8-10,12,17,19,22-23,25-27,29H,1,11,13-16,18,20-21H2,2-7H3,(H2,36,37,44)/b10-8-,12-9-/t25-,26+,27-,29-/m0/s1. The van der Waals surface area contributed by atoms with E-state index in [9.17, 15) is 13.2 Å². The summed E-state index contributed by atoms with van der Waals surface area (Å²) in [6.07, 6.45) is 16.1. The van der Waals surface area contributed by atoms with Crippen LogP contribution in [-0.2, 0) is 26.3 Å². The van der Waals surface area contributed by atoms with Gasteiger partial charge in [0.05, 0.1) is 37.3 Å². The highest BCUT2D eigenvalue weighted by molar-refractivity contribution is 7.85. The van der Waals surface area contributed by atoms with Gasteiger partial charge in [-0.15, -0.1) is 10.2 Å². The minimum atomic E-state index is -3.61. The molecule has 0 spiro atoms. The van der Waals surface area contributed by atoms with Gasteiger partial charge in [-0.2, -0.15) is 13.5 Å². The van der Waals surface area contributed by atoms with Crippen LogP contribution in [0, 0.1) is 0 Å². The lowest BCUT2D eigenvalue weighted by molar-refractivity contribution is 0.186. The number of allylic oxidation sites excluding steroid dienone is 2. The molecule has 2 N–H and O–H groups in total. The van der Waals surface area contributed by atoms with Gasteiger partial charge in [-0.05, 0) is 63.7 Å². The van der Waals surface area contributed by atoms with E-state index in [1.54, 1.807) is 10.7 Å². The summed E-state index contributed by atoms with van der Waals surface area (Å²) in [6.45, 7) is 14.8. The molecule has 0 bridgehead atoms. The fourth-order valence-electron chi connectivity index (χ4n) is 6.28. The van der Waals surface area contributed by atoms with Crippen molar-refractivity contribution in [2.24, 2.45) is 0 Å². The molecule has 4 heterocycles. The second-order valence-corrected chi connectivity index (χ2v) is 15.8. The number of amides is 2. The maximum absolute atomic E-state index is 13.4. The number of anilines is 2. The van der Waals surface area contributed by atoms with E-state index in [4.69, 9.17) is 8.92 Å². The van der Waals surface area contributed by atoms with Crippen LogP contribution in [0.25, 0.3) is 5.65 Å². The van der Waals surface area contributed by atoms with Crippen LogP contribution < -0.4 is 20.3 Å². The molecule has 4 atom stereocenters. The lowest BCUT2D eigenvalue weighted by Gasteiger charge is -2.39. The molecule has 1 aliphatic heterocycles. The average molecular weight is 695 g/mol. The third kappa shape index (κ3) is 9.50. The molecule has 1 fully saturated rings. The number of carbonyl (C=O) groups excluding carboxylic acids is 1. The van der Waals surface area contributed by atoms with E-state index in [2.05, 4.69) is 57.3 Å². The normalized spacial score (nSPS) is 23.6. The van der Waals surface area contributed by atoms with Crippen LogP contribution in [0.15, 0.2) is 60.9 Å². The molecule has 14 heteroatoms. The first-order chi connectivity index (χ1) is 23.2. The number of piperidine rings is 1. The number of ether oxygens (including phenoxy) is 1. The first kappa shape index (κ1) is 36.1. The Morgan fingerprint density at radius 1 is 1.08 bits per heavy atom. The van der Waals surface area contributed by atoms with Crippen molar-refractivity contribution in [3.05, 3.63) is 66.5 Å². The zero-order chi connectivity index (χ0) is 35.3. The highest BCUT2D eigenvalue weighted by Gasteiger charge is 2.29. The first-order valence-electron chi connectivity index (χ1n) is 17.0. The molecule has 0 aromatic carbocycles. The zero-order valence-electron chi connectivity index (χ0n) is 29.4. The van der Waals surface area contributed by atoms with Crippen molar-refractivity contribution in [1.29, 1.82) is 0 Å². The van der Waals surface area contributed by atoms with Crippen LogP contribution in [0.1, 0.15) is 78.8 Å². The van der Waals surface area contributed by atoms with E-state index >= 15 is 0 Å². The largest absolute Gasteiger partial charge is 0.489 e. The monoisotopic (exact) mass is 694 g/mol. The quantitative estimate of drug-likeness (QED) is 0.267. The third-order valence-electron chi connectivity index (χ3n) is 8.96. The van der Waals surface area contributed by atoms with Crippen LogP contribution in [0.2, 0.25) is 0 Å².